The third-order valence-electron chi connectivity index (χ3n) is 7.73. The molecule has 1 aromatic heterocycles. The average molecular weight is 433 g/mol. The second-order valence-corrected chi connectivity index (χ2v) is 10.2. The third kappa shape index (κ3) is 3.21. The molecule has 2 aromatic rings. The zero-order valence-corrected chi connectivity index (χ0v) is 18.3. The van der Waals surface area contributed by atoms with Gasteiger partial charge in [-0.05, 0) is 80.5 Å². The van der Waals surface area contributed by atoms with E-state index in [1.807, 2.05) is 0 Å². The summed E-state index contributed by atoms with van der Waals surface area (Å²) in [6, 6.07) is 9.01. The van der Waals surface area contributed by atoms with Gasteiger partial charge in [0.15, 0.2) is 0 Å². The molecule has 1 N–H and O–H groups in total. The van der Waals surface area contributed by atoms with Crippen molar-refractivity contribution in [2.45, 2.75) is 56.0 Å². The Morgan fingerprint density at radius 2 is 1.90 bits per heavy atom. The first-order chi connectivity index (χ1) is 13.7. The predicted octanol–water partition coefficient (Wildman–Crippen LogP) is 4.57. The minimum Gasteiger partial charge on any atom is -0.381 e. The van der Waals surface area contributed by atoms with Crippen molar-refractivity contribution in [3.63, 3.8) is 0 Å². The van der Waals surface area contributed by atoms with Crippen LogP contribution in [0.15, 0.2) is 24.3 Å². The first kappa shape index (κ1) is 19.8. The Balaban J connectivity index is 0.00000181. The summed E-state index contributed by atoms with van der Waals surface area (Å²) in [6.07, 6.45) is 7.17. The molecule has 5 fully saturated rings. The van der Waals surface area contributed by atoms with Crippen molar-refractivity contribution in [2.24, 2.45) is 5.92 Å². The standard InChI is InChI=1S/C23H28N2O2S.ClH/c26-22(24-21-16-4-10-25(11-5-16)23(21)8-9-23)19-14-17-2-1-3-18(20(17)28-19)15-6-12-27-13-7-15;/h1-3,14-16,21H,4-13H2,(H,24,26);1H/t21-;/m1./s1. The fourth-order valence-corrected chi connectivity index (χ4v) is 7.22. The van der Waals surface area contributed by atoms with Crippen LogP contribution in [0.1, 0.15) is 59.7 Å². The summed E-state index contributed by atoms with van der Waals surface area (Å²) in [7, 11) is 0. The zero-order chi connectivity index (χ0) is 18.7. The second-order valence-electron chi connectivity index (χ2n) is 9.14. The first-order valence-electron chi connectivity index (χ1n) is 10.9. The lowest BCUT2D eigenvalue weighted by Crippen LogP contribution is -2.65. The Morgan fingerprint density at radius 1 is 1.14 bits per heavy atom. The molecule has 1 atom stereocenters. The summed E-state index contributed by atoms with van der Waals surface area (Å²) in [5.41, 5.74) is 1.70. The van der Waals surface area contributed by atoms with E-state index in [0.29, 0.717) is 23.4 Å². The average Bonchev–Trinajstić information content (AvgIpc) is 3.39. The van der Waals surface area contributed by atoms with Crippen molar-refractivity contribution in [1.82, 2.24) is 10.2 Å². The van der Waals surface area contributed by atoms with Crippen molar-refractivity contribution in [2.75, 3.05) is 26.3 Å². The molecule has 7 rings (SSSR count). The summed E-state index contributed by atoms with van der Waals surface area (Å²) in [4.78, 5) is 16.8. The van der Waals surface area contributed by atoms with Crippen LogP contribution in [0.4, 0.5) is 0 Å². The van der Waals surface area contributed by atoms with Gasteiger partial charge in [-0.25, -0.2) is 0 Å². The summed E-state index contributed by atoms with van der Waals surface area (Å²) in [5.74, 6) is 1.37. The Hall–Kier alpha value is -1.14. The number of benzene rings is 1. The summed E-state index contributed by atoms with van der Waals surface area (Å²) >= 11 is 1.69. The lowest BCUT2D eigenvalue weighted by Gasteiger charge is -2.52. The maximum absolute atomic E-state index is 13.2. The topological polar surface area (TPSA) is 41.6 Å². The lowest BCUT2D eigenvalue weighted by atomic mass is 9.77. The Morgan fingerprint density at radius 3 is 2.62 bits per heavy atom. The molecule has 1 aromatic carbocycles. The minimum atomic E-state index is 0. The van der Waals surface area contributed by atoms with Gasteiger partial charge in [-0.3, -0.25) is 9.69 Å². The molecule has 6 heteroatoms. The quantitative estimate of drug-likeness (QED) is 0.772. The van der Waals surface area contributed by atoms with Gasteiger partial charge >= 0.3 is 0 Å². The molecule has 1 aliphatic carbocycles. The molecule has 1 spiro atoms. The molecule has 5 aliphatic rings. The van der Waals surface area contributed by atoms with Crippen molar-refractivity contribution >= 4 is 39.7 Å². The monoisotopic (exact) mass is 432 g/mol. The fraction of sp³-hybridized carbons (Fsp3) is 0.609. The van der Waals surface area contributed by atoms with Gasteiger partial charge in [-0.1, -0.05) is 18.2 Å². The SMILES string of the molecule is Cl.O=C(N[C@@H]1C2CCN(CC2)C12CC2)c1cc2cccc(C3CCOCC3)c2s1. The van der Waals surface area contributed by atoms with Crippen LogP contribution in [0.3, 0.4) is 0 Å². The molecule has 4 nitrogen and oxygen atoms in total. The smallest absolute Gasteiger partial charge is 0.261 e. The molecule has 2 bridgehead atoms. The minimum absolute atomic E-state index is 0. The Labute approximate surface area is 182 Å². The number of carbonyl (C=O) groups excluding carboxylic acids is 1. The maximum Gasteiger partial charge on any atom is 0.261 e. The van der Waals surface area contributed by atoms with E-state index in [1.54, 1.807) is 11.3 Å². The highest BCUT2D eigenvalue weighted by Gasteiger charge is 2.60. The fourth-order valence-electron chi connectivity index (χ4n) is 6.06. The van der Waals surface area contributed by atoms with Crippen molar-refractivity contribution in [1.29, 1.82) is 0 Å². The number of amides is 1. The molecule has 5 heterocycles. The van der Waals surface area contributed by atoms with Gasteiger partial charge in [-0.15, -0.1) is 23.7 Å². The number of piperidine rings is 3. The normalized spacial score (nSPS) is 30.3. The number of hydrogen-bond acceptors (Lipinski definition) is 4. The van der Waals surface area contributed by atoms with E-state index in [-0.39, 0.29) is 18.3 Å². The van der Waals surface area contributed by atoms with Crippen LogP contribution >= 0.6 is 23.7 Å². The van der Waals surface area contributed by atoms with Crippen LogP contribution < -0.4 is 5.32 Å². The van der Waals surface area contributed by atoms with Crippen LogP contribution in [-0.4, -0.2) is 48.7 Å². The van der Waals surface area contributed by atoms with Crippen LogP contribution in [0, 0.1) is 5.92 Å². The van der Waals surface area contributed by atoms with Crippen molar-refractivity contribution in [3.8, 4) is 0 Å². The van der Waals surface area contributed by atoms with Crippen LogP contribution in [0.5, 0.6) is 0 Å². The van der Waals surface area contributed by atoms with E-state index in [2.05, 4.69) is 34.5 Å². The van der Waals surface area contributed by atoms with E-state index < -0.39 is 0 Å². The molecule has 1 saturated carbocycles. The van der Waals surface area contributed by atoms with Gasteiger partial charge in [0.25, 0.3) is 5.91 Å². The van der Waals surface area contributed by atoms with Gasteiger partial charge < -0.3 is 10.1 Å². The third-order valence-corrected chi connectivity index (χ3v) is 8.93. The van der Waals surface area contributed by atoms with Crippen LogP contribution in [0.2, 0.25) is 0 Å². The van der Waals surface area contributed by atoms with E-state index in [4.69, 9.17) is 4.74 Å². The molecule has 4 saturated heterocycles. The van der Waals surface area contributed by atoms with Crippen molar-refractivity contribution < 1.29 is 9.53 Å². The second kappa shape index (κ2) is 7.52. The number of ether oxygens (including phenoxy) is 1. The number of rotatable bonds is 3. The van der Waals surface area contributed by atoms with Gasteiger partial charge in [0.2, 0.25) is 0 Å². The molecular formula is C23H29ClN2O2S. The van der Waals surface area contributed by atoms with Gasteiger partial charge in [0.1, 0.15) is 0 Å². The van der Waals surface area contributed by atoms with Gasteiger partial charge in [0.05, 0.1) is 10.9 Å². The van der Waals surface area contributed by atoms with Crippen LogP contribution in [0.25, 0.3) is 10.1 Å². The number of nitrogens with one attached hydrogen (secondary N) is 1. The number of hydrogen-bond donors (Lipinski definition) is 1. The molecular weight excluding hydrogens is 404 g/mol. The first-order valence-corrected chi connectivity index (χ1v) is 11.7. The number of carbonyl (C=O) groups is 1. The highest BCUT2D eigenvalue weighted by molar-refractivity contribution is 7.21. The van der Waals surface area contributed by atoms with E-state index in [1.165, 1.54) is 54.4 Å². The molecule has 4 aliphatic heterocycles. The highest BCUT2D eigenvalue weighted by atomic mass is 35.5. The maximum atomic E-state index is 13.2. The molecule has 29 heavy (non-hydrogen) atoms. The van der Waals surface area contributed by atoms with E-state index >= 15 is 0 Å². The molecule has 1 amide bonds. The van der Waals surface area contributed by atoms with Crippen molar-refractivity contribution in [3.05, 3.63) is 34.7 Å². The predicted molar refractivity (Wildman–Crippen MR) is 119 cm³/mol. The Kier molecular flexibility index (Phi) is 5.14. The summed E-state index contributed by atoms with van der Waals surface area (Å²) in [5, 5.41) is 4.71. The lowest BCUT2D eigenvalue weighted by molar-refractivity contribution is -0.00138. The van der Waals surface area contributed by atoms with Gasteiger partial charge in [-0.2, -0.15) is 0 Å². The summed E-state index contributed by atoms with van der Waals surface area (Å²) < 4.78 is 6.85. The number of fused-ring (bicyclic) bond motifs is 3. The molecule has 0 radical (unpaired) electrons. The largest absolute Gasteiger partial charge is 0.381 e. The number of thiophene rings is 1. The number of halogens is 1. The van der Waals surface area contributed by atoms with E-state index in [0.717, 1.165) is 30.9 Å². The van der Waals surface area contributed by atoms with Gasteiger partial charge in [0, 0.05) is 23.5 Å². The summed E-state index contributed by atoms with van der Waals surface area (Å²) in [6.45, 7) is 4.16. The highest BCUT2D eigenvalue weighted by Crippen LogP contribution is 2.53. The number of nitrogens with zero attached hydrogens (tertiary/aromatic N) is 1. The van der Waals surface area contributed by atoms with E-state index in [9.17, 15) is 4.79 Å². The van der Waals surface area contributed by atoms with Crippen LogP contribution in [-0.2, 0) is 4.74 Å². The molecule has 0 unspecified atom stereocenters. The Bertz CT molecular complexity index is 911. The zero-order valence-electron chi connectivity index (χ0n) is 16.7. The molecule has 156 valence electrons.